The lowest BCUT2D eigenvalue weighted by Gasteiger charge is -2.10. The molecule has 4 rings (SSSR count). The van der Waals surface area contributed by atoms with Crippen molar-refractivity contribution in [2.45, 2.75) is 19.5 Å². The van der Waals surface area contributed by atoms with Gasteiger partial charge in [-0.2, -0.15) is 0 Å². The van der Waals surface area contributed by atoms with Crippen LogP contribution >= 0.6 is 0 Å². The Labute approximate surface area is 148 Å². The Morgan fingerprint density at radius 2 is 1.88 bits per heavy atom. The van der Waals surface area contributed by atoms with Gasteiger partial charge >= 0.3 is 0 Å². The van der Waals surface area contributed by atoms with Crippen LogP contribution in [-0.4, -0.2) is 21.2 Å². The van der Waals surface area contributed by atoms with E-state index in [1.165, 1.54) is 6.08 Å². The van der Waals surface area contributed by atoms with Crippen molar-refractivity contribution in [2.24, 2.45) is 0 Å². The molecule has 3 aromatic rings. The smallest absolute Gasteiger partial charge is 0.174 e. The van der Waals surface area contributed by atoms with Gasteiger partial charge in [0, 0.05) is 23.3 Å². The predicted molar refractivity (Wildman–Crippen MR) is 94.8 cm³/mol. The summed E-state index contributed by atoms with van der Waals surface area (Å²) in [4.78, 5) is 7.70. The number of benzene rings is 1. The zero-order valence-electron chi connectivity index (χ0n) is 14.0. The summed E-state index contributed by atoms with van der Waals surface area (Å²) in [5.74, 6) is 0.875. The number of aromatic amines is 1. The highest BCUT2D eigenvalue weighted by molar-refractivity contribution is 5.76. The number of phenolic OH excluding ortho intramolecular Hbond substituents is 1. The number of nitrogens with zero attached hydrogens (tertiary/aromatic N) is 1. The van der Waals surface area contributed by atoms with Crippen molar-refractivity contribution in [3.05, 3.63) is 65.8 Å². The standard InChI is InChI=1S/C20H16F2N2O2/c1-11-19(12-2-5-14(25)6-3-12)24-20(23-11)18-9-8-17(26-18)15-7-4-13(21)10-16(15)22/h2-3,5-10,13,25H,4H2,1H3,(H,23,24). The van der Waals surface area contributed by atoms with Gasteiger partial charge in [0.25, 0.3) is 0 Å². The molecule has 0 fully saturated rings. The number of H-pyrrole nitrogens is 1. The molecule has 0 radical (unpaired) electrons. The summed E-state index contributed by atoms with van der Waals surface area (Å²) in [5, 5.41) is 9.41. The van der Waals surface area contributed by atoms with Crippen LogP contribution in [0, 0.1) is 6.92 Å². The minimum Gasteiger partial charge on any atom is -0.508 e. The quantitative estimate of drug-likeness (QED) is 0.668. The number of furan rings is 1. The van der Waals surface area contributed by atoms with E-state index in [9.17, 15) is 13.9 Å². The van der Waals surface area contributed by atoms with Crippen LogP contribution in [0.5, 0.6) is 5.75 Å². The van der Waals surface area contributed by atoms with E-state index in [2.05, 4.69) is 9.97 Å². The Morgan fingerprint density at radius 1 is 1.15 bits per heavy atom. The zero-order valence-corrected chi connectivity index (χ0v) is 14.0. The maximum absolute atomic E-state index is 14.0. The van der Waals surface area contributed by atoms with Crippen molar-refractivity contribution in [2.75, 3.05) is 0 Å². The third-order valence-corrected chi connectivity index (χ3v) is 4.26. The molecule has 0 saturated carbocycles. The summed E-state index contributed by atoms with van der Waals surface area (Å²) in [7, 11) is 0. The summed E-state index contributed by atoms with van der Waals surface area (Å²) >= 11 is 0. The van der Waals surface area contributed by atoms with E-state index in [0.717, 1.165) is 23.0 Å². The molecule has 1 atom stereocenters. The molecule has 1 aliphatic rings. The van der Waals surface area contributed by atoms with Crippen LogP contribution in [0.15, 0.2) is 58.8 Å². The van der Waals surface area contributed by atoms with E-state index in [0.29, 0.717) is 17.3 Å². The molecule has 1 aromatic carbocycles. The Kier molecular flexibility index (Phi) is 3.95. The molecule has 26 heavy (non-hydrogen) atoms. The Morgan fingerprint density at radius 3 is 2.62 bits per heavy atom. The lowest BCUT2D eigenvalue weighted by Crippen LogP contribution is -2.01. The second kappa shape index (κ2) is 6.29. The summed E-state index contributed by atoms with van der Waals surface area (Å²) in [6, 6.07) is 10.1. The molecule has 4 nitrogen and oxygen atoms in total. The molecule has 0 saturated heterocycles. The van der Waals surface area contributed by atoms with Gasteiger partial charge in [-0.3, -0.25) is 0 Å². The number of hydrogen-bond donors (Lipinski definition) is 2. The van der Waals surface area contributed by atoms with Crippen LogP contribution in [0.3, 0.4) is 0 Å². The number of phenols is 1. The van der Waals surface area contributed by atoms with Crippen molar-refractivity contribution in [1.29, 1.82) is 0 Å². The number of allylic oxidation sites excluding steroid dienone is 4. The minimum atomic E-state index is -1.30. The molecule has 0 aliphatic heterocycles. The fraction of sp³-hybridized carbons (Fsp3) is 0.150. The zero-order chi connectivity index (χ0) is 18.3. The van der Waals surface area contributed by atoms with Crippen molar-refractivity contribution in [3.8, 4) is 28.6 Å². The fourth-order valence-corrected chi connectivity index (χ4v) is 2.95. The van der Waals surface area contributed by atoms with Gasteiger partial charge in [0.2, 0.25) is 0 Å². The molecule has 0 bridgehead atoms. The van der Waals surface area contributed by atoms with Crippen molar-refractivity contribution >= 4 is 5.57 Å². The van der Waals surface area contributed by atoms with E-state index in [-0.39, 0.29) is 17.7 Å². The molecule has 1 aliphatic carbocycles. The highest BCUT2D eigenvalue weighted by atomic mass is 19.1. The van der Waals surface area contributed by atoms with Crippen molar-refractivity contribution in [1.82, 2.24) is 9.97 Å². The SMILES string of the molecule is Cc1[nH]c(-c2ccc(C3=CCC(F)C=C3F)o2)nc1-c1ccc(O)cc1. The van der Waals surface area contributed by atoms with E-state index in [4.69, 9.17) is 4.42 Å². The van der Waals surface area contributed by atoms with E-state index in [1.807, 2.05) is 6.92 Å². The van der Waals surface area contributed by atoms with Crippen LogP contribution in [-0.2, 0) is 0 Å². The maximum atomic E-state index is 14.0. The normalized spacial score (nSPS) is 17.1. The van der Waals surface area contributed by atoms with Crippen LogP contribution in [0.4, 0.5) is 8.78 Å². The van der Waals surface area contributed by atoms with Crippen LogP contribution in [0.2, 0.25) is 0 Å². The van der Waals surface area contributed by atoms with Crippen molar-refractivity contribution in [3.63, 3.8) is 0 Å². The first-order valence-corrected chi connectivity index (χ1v) is 8.20. The predicted octanol–water partition coefficient (Wildman–Crippen LogP) is 5.33. The van der Waals surface area contributed by atoms with Gasteiger partial charge in [-0.1, -0.05) is 6.08 Å². The molecule has 0 amide bonds. The summed E-state index contributed by atoms with van der Waals surface area (Å²) in [6.07, 6.45) is 1.28. The molecule has 2 N–H and O–H groups in total. The fourth-order valence-electron chi connectivity index (χ4n) is 2.95. The number of nitrogens with one attached hydrogen (secondary N) is 1. The topological polar surface area (TPSA) is 62.0 Å². The van der Waals surface area contributed by atoms with E-state index in [1.54, 1.807) is 36.4 Å². The first-order valence-electron chi connectivity index (χ1n) is 8.20. The number of rotatable bonds is 3. The molecular weight excluding hydrogens is 338 g/mol. The van der Waals surface area contributed by atoms with Gasteiger partial charge in [-0.05, 0) is 49.4 Å². The number of imidazole rings is 1. The molecule has 1 unspecified atom stereocenters. The number of halogens is 2. The number of aromatic nitrogens is 2. The number of alkyl halides is 1. The molecule has 6 heteroatoms. The molecular formula is C20H16F2N2O2. The Bertz CT molecular complexity index is 1010. The van der Waals surface area contributed by atoms with Gasteiger partial charge in [-0.25, -0.2) is 13.8 Å². The lowest BCUT2D eigenvalue weighted by atomic mass is 10.0. The third kappa shape index (κ3) is 2.94. The molecule has 2 heterocycles. The first kappa shape index (κ1) is 16.3. The molecule has 132 valence electrons. The summed E-state index contributed by atoms with van der Waals surface area (Å²) in [5.41, 5.74) is 2.69. The first-order chi connectivity index (χ1) is 12.5. The summed E-state index contributed by atoms with van der Waals surface area (Å²) in [6.45, 7) is 1.88. The maximum Gasteiger partial charge on any atom is 0.174 e. The van der Waals surface area contributed by atoms with Crippen LogP contribution in [0.25, 0.3) is 28.4 Å². The van der Waals surface area contributed by atoms with Crippen molar-refractivity contribution < 1.29 is 18.3 Å². The van der Waals surface area contributed by atoms with E-state index < -0.39 is 12.0 Å². The van der Waals surface area contributed by atoms with E-state index >= 15 is 0 Å². The minimum absolute atomic E-state index is 0.129. The monoisotopic (exact) mass is 354 g/mol. The van der Waals surface area contributed by atoms with Gasteiger partial charge in [-0.15, -0.1) is 0 Å². The molecule has 2 aromatic heterocycles. The Balaban J connectivity index is 1.66. The largest absolute Gasteiger partial charge is 0.508 e. The average Bonchev–Trinajstić information content (AvgIpc) is 3.23. The van der Waals surface area contributed by atoms with Gasteiger partial charge in [0.15, 0.2) is 11.6 Å². The highest BCUT2D eigenvalue weighted by Gasteiger charge is 2.20. The van der Waals surface area contributed by atoms with Crippen LogP contribution < -0.4 is 0 Å². The molecule has 0 spiro atoms. The lowest BCUT2D eigenvalue weighted by molar-refractivity contribution is 0.393. The highest BCUT2D eigenvalue weighted by Crippen LogP contribution is 2.34. The second-order valence-corrected chi connectivity index (χ2v) is 6.15. The third-order valence-electron chi connectivity index (χ3n) is 4.26. The van der Waals surface area contributed by atoms with Gasteiger partial charge < -0.3 is 14.5 Å². The number of aromatic hydroxyl groups is 1. The Hall–Kier alpha value is -3.15. The number of hydrogen-bond acceptors (Lipinski definition) is 3. The second-order valence-electron chi connectivity index (χ2n) is 6.15. The van der Waals surface area contributed by atoms with Gasteiger partial charge in [0.05, 0.1) is 5.69 Å². The van der Waals surface area contributed by atoms with Gasteiger partial charge in [0.1, 0.15) is 23.5 Å². The number of aryl methyl sites for hydroxylation is 1. The summed E-state index contributed by atoms with van der Waals surface area (Å²) < 4.78 is 32.9. The van der Waals surface area contributed by atoms with Crippen LogP contribution in [0.1, 0.15) is 17.9 Å². The average molecular weight is 354 g/mol.